The Kier molecular flexibility index (Phi) is 4.30. The van der Waals surface area contributed by atoms with Crippen LogP contribution in [0.15, 0.2) is 42.5 Å². The molecule has 0 atom stereocenters. The Morgan fingerprint density at radius 1 is 1.17 bits per heavy atom. The Bertz CT molecular complexity index is 762. The van der Waals surface area contributed by atoms with Gasteiger partial charge in [-0.25, -0.2) is 4.39 Å². The third-order valence-electron chi connectivity index (χ3n) is 3.69. The summed E-state index contributed by atoms with van der Waals surface area (Å²) in [5.74, 6) is -1.12. The number of carbonyl (C=O) groups excluding carboxylic acids is 2. The second-order valence-corrected chi connectivity index (χ2v) is 5.71. The molecule has 1 aliphatic rings. The molecule has 0 aromatic heterocycles. The van der Waals surface area contributed by atoms with E-state index in [1.54, 1.807) is 29.2 Å². The van der Waals surface area contributed by atoms with E-state index >= 15 is 0 Å². The minimum atomic E-state index is -0.672. The fourth-order valence-corrected chi connectivity index (χ4v) is 2.68. The number of carbonyl (C=O) groups is 2. The Balaban J connectivity index is 1.73. The van der Waals surface area contributed by atoms with Gasteiger partial charge in [-0.15, -0.1) is 0 Å². The van der Waals surface area contributed by atoms with Crippen molar-refractivity contribution in [1.29, 1.82) is 0 Å². The zero-order valence-corrected chi connectivity index (χ0v) is 12.9. The van der Waals surface area contributed by atoms with Gasteiger partial charge in [0.1, 0.15) is 5.82 Å². The molecule has 0 radical (unpaired) electrons. The molecule has 0 saturated carbocycles. The number of amides is 2. The molecule has 4 nitrogen and oxygen atoms in total. The zero-order valence-electron chi connectivity index (χ0n) is 12.2. The molecule has 0 aliphatic carbocycles. The molecule has 2 amide bonds. The molecule has 1 N–H and O–H groups in total. The fraction of sp³-hybridized carbons (Fsp3) is 0.176. The summed E-state index contributed by atoms with van der Waals surface area (Å²) in [7, 11) is 0. The lowest BCUT2D eigenvalue weighted by Gasteiger charge is -2.16. The van der Waals surface area contributed by atoms with Crippen molar-refractivity contribution in [2.45, 2.75) is 12.8 Å². The second kappa shape index (κ2) is 6.38. The summed E-state index contributed by atoms with van der Waals surface area (Å²) in [6, 6.07) is 10.8. The molecule has 1 heterocycles. The highest BCUT2D eigenvalue weighted by Crippen LogP contribution is 2.23. The van der Waals surface area contributed by atoms with E-state index in [4.69, 9.17) is 11.6 Å². The molecule has 0 bridgehead atoms. The third kappa shape index (κ3) is 3.35. The van der Waals surface area contributed by atoms with Crippen LogP contribution < -0.4 is 10.2 Å². The number of hydrogen-bond donors (Lipinski definition) is 1. The van der Waals surface area contributed by atoms with E-state index in [9.17, 15) is 14.0 Å². The first kappa shape index (κ1) is 15.5. The van der Waals surface area contributed by atoms with Gasteiger partial charge in [0.2, 0.25) is 5.91 Å². The fourth-order valence-electron chi connectivity index (χ4n) is 2.52. The average molecular weight is 333 g/mol. The van der Waals surface area contributed by atoms with Crippen LogP contribution in [0, 0.1) is 5.82 Å². The minimum absolute atomic E-state index is 0.0757. The van der Waals surface area contributed by atoms with E-state index in [2.05, 4.69) is 5.32 Å². The van der Waals surface area contributed by atoms with Crippen molar-refractivity contribution in [3.8, 4) is 0 Å². The zero-order chi connectivity index (χ0) is 16.4. The maximum Gasteiger partial charge on any atom is 0.258 e. The summed E-state index contributed by atoms with van der Waals surface area (Å²) >= 11 is 5.67. The predicted molar refractivity (Wildman–Crippen MR) is 87.4 cm³/mol. The summed E-state index contributed by atoms with van der Waals surface area (Å²) in [4.78, 5) is 25.5. The van der Waals surface area contributed by atoms with Crippen LogP contribution in [0.5, 0.6) is 0 Å². The SMILES string of the molecule is O=C(Nc1ccc(N2CCCC2=O)cc1)c1ccc(Cl)cc1F. The average Bonchev–Trinajstić information content (AvgIpc) is 2.94. The van der Waals surface area contributed by atoms with Crippen LogP contribution in [-0.4, -0.2) is 18.4 Å². The highest BCUT2D eigenvalue weighted by Gasteiger charge is 2.21. The summed E-state index contributed by atoms with van der Waals surface area (Å²) in [6.07, 6.45) is 1.42. The lowest BCUT2D eigenvalue weighted by molar-refractivity contribution is -0.117. The standard InChI is InChI=1S/C17H14ClFN2O2/c18-11-3-8-14(15(19)10-11)17(23)20-12-4-6-13(7-5-12)21-9-1-2-16(21)22/h3-8,10H,1-2,9H2,(H,20,23). The van der Waals surface area contributed by atoms with E-state index in [1.165, 1.54) is 12.1 Å². The largest absolute Gasteiger partial charge is 0.322 e. The van der Waals surface area contributed by atoms with Crippen LogP contribution in [0.4, 0.5) is 15.8 Å². The summed E-state index contributed by atoms with van der Waals surface area (Å²) < 4.78 is 13.7. The Morgan fingerprint density at radius 3 is 2.52 bits per heavy atom. The molecule has 2 aromatic carbocycles. The summed E-state index contributed by atoms with van der Waals surface area (Å²) in [5, 5.41) is 2.86. The number of nitrogens with one attached hydrogen (secondary N) is 1. The van der Waals surface area contributed by atoms with Crippen molar-refractivity contribution in [3.05, 3.63) is 58.9 Å². The quantitative estimate of drug-likeness (QED) is 0.928. The van der Waals surface area contributed by atoms with Crippen LogP contribution in [0.2, 0.25) is 5.02 Å². The highest BCUT2D eigenvalue weighted by atomic mass is 35.5. The minimum Gasteiger partial charge on any atom is -0.322 e. The van der Waals surface area contributed by atoms with E-state index in [-0.39, 0.29) is 16.5 Å². The van der Waals surface area contributed by atoms with Gasteiger partial charge < -0.3 is 10.2 Å². The van der Waals surface area contributed by atoms with Crippen molar-refractivity contribution in [1.82, 2.24) is 0 Å². The molecule has 118 valence electrons. The van der Waals surface area contributed by atoms with E-state index in [0.29, 0.717) is 18.7 Å². The molecule has 1 aliphatic heterocycles. The van der Waals surface area contributed by atoms with Crippen molar-refractivity contribution < 1.29 is 14.0 Å². The van der Waals surface area contributed by atoms with Gasteiger partial charge in [-0.2, -0.15) is 0 Å². The number of nitrogens with zero attached hydrogens (tertiary/aromatic N) is 1. The summed E-state index contributed by atoms with van der Waals surface area (Å²) in [6.45, 7) is 0.709. The molecular formula is C17H14ClFN2O2. The first-order valence-electron chi connectivity index (χ1n) is 7.21. The Hall–Kier alpha value is -2.40. The van der Waals surface area contributed by atoms with Crippen molar-refractivity contribution in [2.24, 2.45) is 0 Å². The number of benzene rings is 2. The molecule has 6 heteroatoms. The topological polar surface area (TPSA) is 49.4 Å². The van der Waals surface area contributed by atoms with Gasteiger partial charge in [0.25, 0.3) is 5.91 Å². The lowest BCUT2D eigenvalue weighted by atomic mass is 10.2. The lowest BCUT2D eigenvalue weighted by Crippen LogP contribution is -2.23. The van der Waals surface area contributed by atoms with Crippen LogP contribution >= 0.6 is 11.6 Å². The normalized spacial score (nSPS) is 14.2. The van der Waals surface area contributed by atoms with Gasteiger partial charge in [0.05, 0.1) is 5.56 Å². The summed E-state index contributed by atoms with van der Waals surface area (Å²) in [5.41, 5.74) is 1.25. The van der Waals surface area contributed by atoms with Gasteiger partial charge in [0.15, 0.2) is 0 Å². The van der Waals surface area contributed by atoms with Gasteiger partial charge in [-0.3, -0.25) is 9.59 Å². The molecule has 0 unspecified atom stereocenters. The van der Waals surface area contributed by atoms with Gasteiger partial charge in [-0.05, 0) is 48.9 Å². The Labute approximate surface area is 137 Å². The van der Waals surface area contributed by atoms with E-state index in [0.717, 1.165) is 18.2 Å². The van der Waals surface area contributed by atoms with E-state index in [1.807, 2.05) is 0 Å². The highest BCUT2D eigenvalue weighted by molar-refractivity contribution is 6.30. The van der Waals surface area contributed by atoms with E-state index < -0.39 is 11.7 Å². The molecule has 2 aromatic rings. The third-order valence-corrected chi connectivity index (χ3v) is 3.92. The molecule has 3 rings (SSSR count). The smallest absolute Gasteiger partial charge is 0.258 e. The van der Waals surface area contributed by atoms with Gasteiger partial charge in [0, 0.05) is 29.4 Å². The van der Waals surface area contributed by atoms with Crippen LogP contribution in [0.3, 0.4) is 0 Å². The first-order chi connectivity index (χ1) is 11.0. The second-order valence-electron chi connectivity index (χ2n) is 5.27. The van der Waals surface area contributed by atoms with Crippen LogP contribution in [0.1, 0.15) is 23.2 Å². The molecular weight excluding hydrogens is 319 g/mol. The van der Waals surface area contributed by atoms with Gasteiger partial charge >= 0.3 is 0 Å². The number of anilines is 2. The maximum atomic E-state index is 13.7. The van der Waals surface area contributed by atoms with Gasteiger partial charge in [-0.1, -0.05) is 11.6 Å². The monoisotopic (exact) mass is 332 g/mol. The molecule has 1 saturated heterocycles. The van der Waals surface area contributed by atoms with Crippen LogP contribution in [0.25, 0.3) is 0 Å². The molecule has 0 spiro atoms. The Morgan fingerprint density at radius 2 is 1.91 bits per heavy atom. The van der Waals surface area contributed by atoms with Crippen molar-refractivity contribution in [3.63, 3.8) is 0 Å². The maximum absolute atomic E-state index is 13.7. The van der Waals surface area contributed by atoms with Crippen molar-refractivity contribution >= 4 is 34.8 Å². The predicted octanol–water partition coefficient (Wildman–Crippen LogP) is 3.86. The number of hydrogen-bond acceptors (Lipinski definition) is 2. The molecule has 23 heavy (non-hydrogen) atoms. The first-order valence-corrected chi connectivity index (χ1v) is 7.59. The van der Waals surface area contributed by atoms with Crippen LogP contribution in [-0.2, 0) is 4.79 Å². The number of rotatable bonds is 3. The van der Waals surface area contributed by atoms with Crippen molar-refractivity contribution in [2.75, 3.05) is 16.8 Å². The number of halogens is 2. The molecule has 1 fully saturated rings.